The van der Waals surface area contributed by atoms with E-state index in [1.807, 2.05) is 0 Å². The molecule has 0 bridgehead atoms. The van der Waals surface area contributed by atoms with Crippen molar-refractivity contribution in [3.63, 3.8) is 0 Å². The molecule has 2 aliphatic carbocycles. The molecule has 2 nitrogen and oxygen atoms in total. The average Bonchev–Trinajstić information content (AvgIpc) is 2.53. The van der Waals surface area contributed by atoms with Crippen molar-refractivity contribution >= 4 is 0 Å². The standard InChI is InChI=1S/C18H34N2/c1-2-14-9-10-16(13-19)18(12-14)20-11-5-7-15-6-3-4-8-17(15)20/h14-18H,2-13,19H2,1H3/t14?,15-,16?,17-,18?/m1/s1. The maximum atomic E-state index is 6.13. The highest BCUT2D eigenvalue weighted by Gasteiger charge is 2.40. The minimum atomic E-state index is 0.776. The van der Waals surface area contributed by atoms with E-state index in [9.17, 15) is 0 Å². The van der Waals surface area contributed by atoms with E-state index in [0.29, 0.717) is 0 Å². The van der Waals surface area contributed by atoms with Crippen molar-refractivity contribution in [2.75, 3.05) is 13.1 Å². The quantitative estimate of drug-likeness (QED) is 0.851. The Balaban J connectivity index is 1.73. The molecule has 116 valence electrons. The molecule has 3 unspecified atom stereocenters. The third-order valence-electron chi connectivity index (χ3n) is 6.66. The van der Waals surface area contributed by atoms with Gasteiger partial charge in [-0.3, -0.25) is 4.90 Å². The van der Waals surface area contributed by atoms with Crippen molar-refractivity contribution in [1.29, 1.82) is 0 Å². The van der Waals surface area contributed by atoms with Crippen LogP contribution in [0, 0.1) is 17.8 Å². The molecule has 5 atom stereocenters. The molecule has 2 saturated carbocycles. The molecule has 3 aliphatic rings. The third kappa shape index (κ3) is 2.92. The zero-order chi connectivity index (χ0) is 13.9. The minimum Gasteiger partial charge on any atom is -0.330 e. The number of rotatable bonds is 3. The molecule has 0 radical (unpaired) electrons. The van der Waals surface area contributed by atoms with Gasteiger partial charge in [-0.1, -0.05) is 32.6 Å². The lowest BCUT2D eigenvalue weighted by molar-refractivity contribution is -0.0175. The smallest absolute Gasteiger partial charge is 0.0141 e. The van der Waals surface area contributed by atoms with Crippen LogP contribution in [0.25, 0.3) is 0 Å². The van der Waals surface area contributed by atoms with Crippen molar-refractivity contribution in [2.24, 2.45) is 23.5 Å². The van der Waals surface area contributed by atoms with Gasteiger partial charge in [0, 0.05) is 12.1 Å². The van der Waals surface area contributed by atoms with Crippen LogP contribution in [0.2, 0.25) is 0 Å². The van der Waals surface area contributed by atoms with E-state index in [0.717, 1.165) is 36.4 Å². The van der Waals surface area contributed by atoms with Crippen LogP contribution in [0.15, 0.2) is 0 Å². The molecule has 0 amide bonds. The summed E-state index contributed by atoms with van der Waals surface area (Å²) in [5, 5.41) is 0. The summed E-state index contributed by atoms with van der Waals surface area (Å²) in [7, 11) is 0. The van der Waals surface area contributed by atoms with Gasteiger partial charge in [-0.05, 0) is 69.4 Å². The third-order valence-corrected chi connectivity index (χ3v) is 6.66. The second kappa shape index (κ2) is 6.79. The van der Waals surface area contributed by atoms with Gasteiger partial charge in [0.05, 0.1) is 0 Å². The van der Waals surface area contributed by atoms with Crippen LogP contribution in [-0.2, 0) is 0 Å². The molecular weight excluding hydrogens is 244 g/mol. The number of nitrogens with zero attached hydrogens (tertiary/aromatic N) is 1. The van der Waals surface area contributed by atoms with Crippen LogP contribution in [0.3, 0.4) is 0 Å². The first-order chi connectivity index (χ1) is 9.83. The predicted molar refractivity (Wildman–Crippen MR) is 85.7 cm³/mol. The van der Waals surface area contributed by atoms with Crippen molar-refractivity contribution in [3.05, 3.63) is 0 Å². The van der Waals surface area contributed by atoms with E-state index in [2.05, 4.69) is 11.8 Å². The van der Waals surface area contributed by atoms with Gasteiger partial charge in [-0.2, -0.15) is 0 Å². The summed E-state index contributed by atoms with van der Waals surface area (Å²) in [6.07, 6.45) is 14.5. The predicted octanol–water partition coefficient (Wildman–Crippen LogP) is 3.79. The lowest BCUT2D eigenvalue weighted by atomic mass is 9.72. The summed E-state index contributed by atoms with van der Waals surface area (Å²) in [5.41, 5.74) is 6.13. The number of piperidine rings is 1. The maximum absolute atomic E-state index is 6.13. The Hall–Kier alpha value is -0.0800. The molecule has 2 heteroatoms. The fourth-order valence-corrected chi connectivity index (χ4v) is 5.42. The molecule has 1 saturated heterocycles. The fraction of sp³-hybridized carbons (Fsp3) is 1.00. The Morgan fingerprint density at radius 2 is 1.75 bits per heavy atom. The molecule has 0 aromatic carbocycles. The van der Waals surface area contributed by atoms with Crippen LogP contribution in [0.1, 0.15) is 71.1 Å². The van der Waals surface area contributed by atoms with E-state index >= 15 is 0 Å². The Labute approximate surface area is 125 Å². The van der Waals surface area contributed by atoms with Gasteiger partial charge >= 0.3 is 0 Å². The first-order valence-corrected chi connectivity index (χ1v) is 9.29. The molecule has 0 aromatic rings. The minimum absolute atomic E-state index is 0.776. The molecule has 0 aromatic heterocycles. The summed E-state index contributed by atoms with van der Waals surface area (Å²) < 4.78 is 0. The number of likely N-dealkylation sites (tertiary alicyclic amines) is 1. The molecular formula is C18H34N2. The monoisotopic (exact) mass is 278 g/mol. The van der Waals surface area contributed by atoms with Crippen molar-refractivity contribution in [3.8, 4) is 0 Å². The van der Waals surface area contributed by atoms with Gasteiger partial charge in [-0.25, -0.2) is 0 Å². The summed E-state index contributed by atoms with van der Waals surface area (Å²) in [5.74, 6) is 2.75. The van der Waals surface area contributed by atoms with Gasteiger partial charge in [0.15, 0.2) is 0 Å². The zero-order valence-corrected chi connectivity index (χ0v) is 13.4. The largest absolute Gasteiger partial charge is 0.330 e. The van der Waals surface area contributed by atoms with E-state index in [4.69, 9.17) is 5.73 Å². The van der Waals surface area contributed by atoms with Crippen molar-refractivity contribution < 1.29 is 0 Å². The number of fused-ring (bicyclic) bond motifs is 1. The Morgan fingerprint density at radius 3 is 2.55 bits per heavy atom. The molecule has 1 heterocycles. The second-order valence-electron chi connectivity index (χ2n) is 7.64. The van der Waals surface area contributed by atoms with Gasteiger partial charge in [0.25, 0.3) is 0 Å². The van der Waals surface area contributed by atoms with Crippen LogP contribution in [0.5, 0.6) is 0 Å². The van der Waals surface area contributed by atoms with Crippen molar-refractivity contribution in [1.82, 2.24) is 4.90 Å². The van der Waals surface area contributed by atoms with Crippen LogP contribution < -0.4 is 5.73 Å². The lowest BCUT2D eigenvalue weighted by Gasteiger charge is -2.51. The highest BCUT2D eigenvalue weighted by molar-refractivity contribution is 4.95. The second-order valence-corrected chi connectivity index (χ2v) is 7.64. The molecule has 20 heavy (non-hydrogen) atoms. The lowest BCUT2D eigenvalue weighted by Crippen LogP contribution is -2.56. The summed E-state index contributed by atoms with van der Waals surface area (Å²) >= 11 is 0. The van der Waals surface area contributed by atoms with E-state index < -0.39 is 0 Å². The average molecular weight is 278 g/mol. The molecule has 2 N–H and O–H groups in total. The summed E-state index contributed by atoms with van der Waals surface area (Å²) in [6, 6.07) is 1.72. The molecule has 3 rings (SSSR count). The fourth-order valence-electron chi connectivity index (χ4n) is 5.42. The van der Waals surface area contributed by atoms with Crippen LogP contribution in [-0.4, -0.2) is 30.1 Å². The number of hydrogen-bond donors (Lipinski definition) is 1. The number of hydrogen-bond acceptors (Lipinski definition) is 2. The molecule has 1 aliphatic heterocycles. The Kier molecular flexibility index (Phi) is 5.04. The van der Waals surface area contributed by atoms with Crippen LogP contribution >= 0.6 is 0 Å². The first-order valence-electron chi connectivity index (χ1n) is 9.29. The van der Waals surface area contributed by atoms with E-state index in [1.165, 1.54) is 70.8 Å². The van der Waals surface area contributed by atoms with Crippen molar-refractivity contribution in [2.45, 2.75) is 83.2 Å². The topological polar surface area (TPSA) is 29.3 Å². The van der Waals surface area contributed by atoms with Gasteiger partial charge in [-0.15, -0.1) is 0 Å². The van der Waals surface area contributed by atoms with Gasteiger partial charge in [0.1, 0.15) is 0 Å². The Bertz CT molecular complexity index is 302. The summed E-state index contributed by atoms with van der Waals surface area (Å²) in [4.78, 5) is 2.95. The highest BCUT2D eigenvalue weighted by Crippen LogP contribution is 2.41. The first kappa shape index (κ1) is 14.8. The Morgan fingerprint density at radius 1 is 0.950 bits per heavy atom. The normalized spacial score (nSPS) is 43.2. The summed E-state index contributed by atoms with van der Waals surface area (Å²) in [6.45, 7) is 4.65. The van der Waals surface area contributed by atoms with Gasteiger partial charge in [0.2, 0.25) is 0 Å². The molecule has 0 spiro atoms. The zero-order valence-electron chi connectivity index (χ0n) is 13.4. The van der Waals surface area contributed by atoms with E-state index in [1.54, 1.807) is 0 Å². The van der Waals surface area contributed by atoms with E-state index in [-0.39, 0.29) is 0 Å². The highest BCUT2D eigenvalue weighted by atomic mass is 15.2. The van der Waals surface area contributed by atoms with Gasteiger partial charge < -0.3 is 5.73 Å². The van der Waals surface area contributed by atoms with Crippen LogP contribution in [0.4, 0.5) is 0 Å². The number of nitrogens with two attached hydrogens (primary N) is 1. The SMILES string of the molecule is CCC1CCC(CN)C(N2CCC[C@H]3CCCC[C@H]32)C1. The maximum Gasteiger partial charge on any atom is 0.0141 e. The molecule has 3 fully saturated rings.